The third-order valence-electron chi connectivity index (χ3n) is 7.26. The van der Waals surface area contributed by atoms with Crippen LogP contribution in [0, 0.1) is 11.8 Å². The smallest absolute Gasteiger partial charge is 0.252 e. The average Bonchev–Trinajstić information content (AvgIpc) is 3.52. The van der Waals surface area contributed by atoms with E-state index in [1.807, 2.05) is 66.7 Å². The van der Waals surface area contributed by atoms with Gasteiger partial charge in [0.1, 0.15) is 12.4 Å². The Hall–Kier alpha value is -4.17. The molecule has 2 N–H and O–H groups in total. The lowest BCUT2D eigenvalue weighted by atomic mass is 9.92. The Bertz CT molecular complexity index is 1260. The first kappa shape index (κ1) is 28.8. The predicted octanol–water partition coefficient (Wildman–Crippen LogP) is 4.95. The fourth-order valence-corrected chi connectivity index (χ4v) is 5.09. The molecule has 0 aromatic heterocycles. The average molecular weight is 544 g/mol. The van der Waals surface area contributed by atoms with E-state index in [0.29, 0.717) is 24.3 Å². The summed E-state index contributed by atoms with van der Waals surface area (Å²) in [5.74, 6) is 0.219. The number of carbonyl (C=O) groups excluding carboxylic acids is 3. The van der Waals surface area contributed by atoms with Gasteiger partial charge in [0.25, 0.3) is 5.91 Å². The molecule has 0 unspecified atom stereocenters. The Balaban J connectivity index is 1.33. The third-order valence-corrected chi connectivity index (χ3v) is 7.26. The summed E-state index contributed by atoms with van der Waals surface area (Å²) in [6.45, 7) is 0.367. The topological polar surface area (TPSA) is 97.0 Å². The molecule has 0 saturated heterocycles. The monoisotopic (exact) mass is 543 g/mol. The molecule has 3 aromatic rings. The van der Waals surface area contributed by atoms with Crippen LogP contribution in [0.4, 0.5) is 0 Å². The highest BCUT2D eigenvalue weighted by Crippen LogP contribution is 2.31. The number of rotatable bonds is 14. The number of carbonyl (C=O) groups is 3. The van der Waals surface area contributed by atoms with Crippen molar-refractivity contribution in [1.82, 2.24) is 15.7 Å². The SMILES string of the molecule is COc1cccc(-c2cccc(C(=O)NCNC(=O)[C@H](CC3CCCC3)CN(C=O)OCc3ccccc3)c2)c1. The summed E-state index contributed by atoms with van der Waals surface area (Å²) in [6.07, 6.45) is 5.76. The number of nitrogens with zero attached hydrogens (tertiary/aromatic N) is 1. The minimum atomic E-state index is -0.447. The zero-order chi connectivity index (χ0) is 28.2. The fourth-order valence-electron chi connectivity index (χ4n) is 5.09. The maximum Gasteiger partial charge on any atom is 0.252 e. The van der Waals surface area contributed by atoms with Gasteiger partial charge in [-0.15, -0.1) is 0 Å². The van der Waals surface area contributed by atoms with E-state index in [-0.39, 0.29) is 31.6 Å². The maximum atomic E-state index is 13.2. The second-order valence-electron chi connectivity index (χ2n) is 10.1. The summed E-state index contributed by atoms with van der Waals surface area (Å²) in [5, 5.41) is 6.82. The number of ether oxygens (including phenoxy) is 1. The lowest BCUT2D eigenvalue weighted by Gasteiger charge is -2.25. The largest absolute Gasteiger partial charge is 0.497 e. The van der Waals surface area contributed by atoms with Gasteiger partial charge in [0.05, 0.1) is 26.2 Å². The first-order valence-electron chi connectivity index (χ1n) is 13.7. The molecule has 1 saturated carbocycles. The second kappa shape index (κ2) is 14.8. The quantitative estimate of drug-likeness (QED) is 0.170. The van der Waals surface area contributed by atoms with Gasteiger partial charge < -0.3 is 15.4 Å². The minimum absolute atomic E-state index is 0.0197. The van der Waals surface area contributed by atoms with Crippen molar-refractivity contribution in [2.24, 2.45) is 11.8 Å². The zero-order valence-corrected chi connectivity index (χ0v) is 22.9. The molecule has 0 radical (unpaired) electrons. The van der Waals surface area contributed by atoms with Crippen LogP contribution < -0.4 is 15.4 Å². The highest BCUT2D eigenvalue weighted by Gasteiger charge is 2.27. The van der Waals surface area contributed by atoms with Crippen LogP contribution >= 0.6 is 0 Å². The van der Waals surface area contributed by atoms with E-state index in [2.05, 4.69) is 10.6 Å². The number of methoxy groups -OCH3 is 1. The zero-order valence-electron chi connectivity index (χ0n) is 22.9. The van der Waals surface area contributed by atoms with Crippen LogP contribution in [0.1, 0.15) is 48.0 Å². The van der Waals surface area contributed by atoms with Crippen LogP contribution in [-0.2, 0) is 21.0 Å². The fraction of sp³-hybridized carbons (Fsp3) is 0.344. The normalized spacial score (nSPS) is 13.8. The van der Waals surface area contributed by atoms with E-state index in [9.17, 15) is 14.4 Å². The van der Waals surface area contributed by atoms with Gasteiger partial charge >= 0.3 is 0 Å². The molecule has 0 aliphatic heterocycles. The van der Waals surface area contributed by atoms with Crippen molar-refractivity contribution in [3.63, 3.8) is 0 Å². The maximum absolute atomic E-state index is 13.2. The summed E-state index contributed by atoms with van der Waals surface area (Å²) in [6, 6.07) is 24.5. The third kappa shape index (κ3) is 8.41. The molecule has 1 aliphatic carbocycles. The summed E-state index contributed by atoms with van der Waals surface area (Å²) < 4.78 is 5.31. The molecule has 1 atom stereocenters. The Labute approximate surface area is 235 Å². The van der Waals surface area contributed by atoms with Crippen molar-refractivity contribution in [3.05, 3.63) is 90.0 Å². The molecule has 40 heavy (non-hydrogen) atoms. The van der Waals surface area contributed by atoms with Crippen molar-refractivity contribution in [2.75, 3.05) is 20.3 Å². The molecule has 1 fully saturated rings. The number of hydroxylamine groups is 2. The van der Waals surface area contributed by atoms with Gasteiger partial charge in [-0.1, -0.05) is 80.3 Å². The standard InChI is InChI=1S/C32H37N3O5/c1-39-30-16-8-14-27(19-30)26-13-7-15-28(18-26)31(37)33-22-34-32(38)29(17-24-9-5-6-10-24)20-35(23-36)40-21-25-11-3-2-4-12-25/h2-4,7-8,11-16,18-19,23-24,29H,5-6,9-10,17,20-22H2,1H3,(H,33,37)(H,34,38)/t29-/m1/s1. The van der Waals surface area contributed by atoms with Gasteiger partial charge in [-0.25, -0.2) is 5.06 Å². The lowest BCUT2D eigenvalue weighted by molar-refractivity contribution is -0.182. The van der Waals surface area contributed by atoms with Crippen molar-refractivity contribution in [2.45, 2.75) is 38.7 Å². The number of nitrogens with one attached hydrogen (secondary N) is 2. The van der Waals surface area contributed by atoms with Crippen LogP contribution in [0.25, 0.3) is 11.1 Å². The first-order chi connectivity index (χ1) is 19.6. The summed E-state index contributed by atoms with van der Waals surface area (Å²) >= 11 is 0. The number of hydrogen-bond acceptors (Lipinski definition) is 5. The van der Waals surface area contributed by atoms with Crippen molar-refractivity contribution >= 4 is 18.2 Å². The molecule has 1 aliphatic rings. The van der Waals surface area contributed by atoms with E-state index in [4.69, 9.17) is 9.57 Å². The van der Waals surface area contributed by atoms with Gasteiger partial charge in [-0.3, -0.25) is 19.2 Å². The molecule has 210 valence electrons. The van der Waals surface area contributed by atoms with Crippen LogP contribution in [0.3, 0.4) is 0 Å². The van der Waals surface area contributed by atoms with Gasteiger partial charge in [0, 0.05) is 5.56 Å². The van der Waals surface area contributed by atoms with Crippen LogP contribution in [0.15, 0.2) is 78.9 Å². The van der Waals surface area contributed by atoms with E-state index >= 15 is 0 Å². The van der Waals surface area contributed by atoms with E-state index in [1.165, 1.54) is 5.06 Å². The number of amides is 3. The molecule has 8 nitrogen and oxygen atoms in total. The van der Waals surface area contributed by atoms with E-state index in [0.717, 1.165) is 48.1 Å². The van der Waals surface area contributed by atoms with E-state index < -0.39 is 5.92 Å². The Kier molecular flexibility index (Phi) is 10.7. The van der Waals surface area contributed by atoms with Crippen molar-refractivity contribution < 1.29 is 24.0 Å². The predicted molar refractivity (Wildman–Crippen MR) is 153 cm³/mol. The highest BCUT2D eigenvalue weighted by atomic mass is 16.7. The molecule has 8 heteroatoms. The second-order valence-corrected chi connectivity index (χ2v) is 10.1. The number of hydrogen-bond donors (Lipinski definition) is 2. The lowest BCUT2D eigenvalue weighted by Crippen LogP contribution is -2.43. The van der Waals surface area contributed by atoms with Crippen molar-refractivity contribution in [3.8, 4) is 16.9 Å². The Morgan fingerprint density at radius 1 is 0.950 bits per heavy atom. The van der Waals surface area contributed by atoms with Crippen LogP contribution in [-0.4, -0.2) is 43.6 Å². The molecule has 0 heterocycles. The summed E-state index contributed by atoms with van der Waals surface area (Å²) in [4.78, 5) is 43.5. The molecule has 3 amide bonds. The van der Waals surface area contributed by atoms with Gasteiger partial charge in [0.15, 0.2) is 0 Å². The summed E-state index contributed by atoms with van der Waals surface area (Å²) in [5.41, 5.74) is 3.24. The first-order valence-corrected chi connectivity index (χ1v) is 13.7. The minimum Gasteiger partial charge on any atom is -0.497 e. The van der Waals surface area contributed by atoms with Crippen molar-refractivity contribution in [1.29, 1.82) is 0 Å². The Morgan fingerprint density at radius 2 is 1.68 bits per heavy atom. The molecular weight excluding hydrogens is 506 g/mol. The molecule has 0 spiro atoms. The molecule has 4 rings (SSSR count). The van der Waals surface area contributed by atoms with Gasteiger partial charge in [-0.05, 0) is 53.3 Å². The van der Waals surface area contributed by atoms with Crippen LogP contribution in [0.5, 0.6) is 5.75 Å². The summed E-state index contributed by atoms with van der Waals surface area (Å²) in [7, 11) is 1.61. The van der Waals surface area contributed by atoms with E-state index in [1.54, 1.807) is 19.2 Å². The van der Waals surface area contributed by atoms with Crippen LogP contribution in [0.2, 0.25) is 0 Å². The molecule has 3 aromatic carbocycles. The molecule has 0 bridgehead atoms. The Morgan fingerprint density at radius 3 is 2.40 bits per heavy atom. The number of benzene rings is 3. The van der Waals surface area contributed by atoms with Gasteiger partial charge in [0.2, 0.25) is 12.3 Å². The molecular formula is C32H37N3O5. The van der Waals surface area contributed by atoms with Gasteiger partial charge in [-0.2, -0.15) is 0 Å². The highest BCUT2D eigenvalue weighted by molar-refractivity contribution is 5.95.